The van der Waals surface area contributed by atoms with Crippen LogP contribution in [-0.2, 0) is 6.42 Å². The van der Waals surface area contributed by atoms with Crippen LogP contribution in [0.2, 0.25) is 0 Å². The Morgan fingerprint density at radius 1 is 1.29 bits per heavy atom. The molecular formula is C25H35FN2. The summed E-state index contributed by atoms with van der Waals surface area (Å²) in [4.78, 5) is 4.66. The number of rotatable bonds is 11. The molecule has 3 heteroatoms. The van der Waals surface area contributed by atoms with Crippen LogP contribution in [0.1, 0.15) is 57.4 Å². The molecule has 0 aliphatic heterocycles. The van der Waals surface area contributed by atoms with Crippen molar-refractivity contribution in [3.63, 3.8) is 0 Å². The number of pyridine rings is 1. The predicted octanol–water partition coefficient (Wildman–Crippen LogP) is 6.66. The second-order valence-corrected chi connectivity index (χ2v) is 7.02. The van der Waals surface area contributed by atoms with Crippen LogP contribution in [0.15, 0.2) is 66.1 Å². The smallest absolute Gasteiger partial charge is 0.107 e. The molecule has 0 unspecified atom stereocenters. The van der Waals surface area contributed by atoms with Gasteiger partial charge in [-0.15, -0.1) is 0 Å². The van der Waals surface area contributed by atoms with Crippen molar-refractivity contribution < 1.29 is 4.39 Å². The van der Waals surface area contributed by atoms with Crippen LogP contribution in [0.25, 0.3) is 5.57 Å². The number of aromatic nitrogens is 1. The van der Waals surface area contributed by atoms with E-state index in [-0.39, 0.29) is 6.54 Å². The molecule has 1 aromatic heterocycles. The van der Waals surface area contributed by atoms with Crippen molar-refractivity contribution in [1.29, 1.82) is 0 Å². The lowest BCUT2D eigenvalue weighted by Gasteiger charge is -2.15. The lowest BCUT2D eigenvalue weighted by molar-refractivity contribution is 0.484. The van der Waals surface area contributed by atoms with Gasteiger partial charge in [0.1, 0.15) is 6.67 Å². The number of aryl methyl sites for hydroxylation is 2. The first-order valence-corrected chi connectivity index (χ1v) is 9.99. The zero-order chi connectivity index (χ0) is 21.1. The fraction of sp³-hybridized carbons (Fsp3) is 0.400. The molecule has 2 nitrogen and oxygen atoms in total. The highest BCUT2D eigenvalue weighted by Gasteiger charge is 2.11. The molecule has 0 aliphatic carbocycles. The van der Waals surface area contributed by atoms with Crippen molar-refractivity contribution in [1.82, 2.24) is 10.3 Å². The van der Waals surface area contributed by atoms with Gasteiger partial charge in [0.05, 0.1) is 5.69 Å². The monoisotopic (exact) mass is 382 g/mol. The second kappa shape index (κ2) is 12.1. The van der Waals surface area contributed by atoms with E-state index in [0.29, 0.717) is 5.70 Å². The molecule has 1 aromatic rings. The maximum absolute atomic E-state index is 12.6. The van der Waals surface area contributed by atoms with Crippen molar-refractivity contribution in [2.24, 2.45) is 0 Å². The van der Waals surface area contributed by atoms with Crippen LogP contribution in [0.5, 0.6) is 0 Å². The van der Waals surface area contributed by atoms with Gasteiger partial charge in [-0.05, 0) is 69.2 Å². The number of hydrogen-bond acceptors (Lipinski definition) is 2. The Bertz CT molecular complexity index is 782. The molecule has 0 amide bonds. The van der Waals surface area contributed by atoms with E-state index in [2.05, 4.69) is 69.4 Å². The molecule has 0 atom stereocenters. The van der Waals surface area contributed by atoms with Crippen LogP contribution in [-0.4, -0.2) is 18.2 Å². The van der Waals surface area contributed by atoms with E-state index in [4.69, 9.17) is 0 Å². The number of alkyl halides is 1. The first-order chi connectivity index (χ1) is 13.3. The minimum atomic E-state index is -0.432. The highest BCUT2D eigenvalue weighted by molar-refractivity contribution is 5.77. The first-order valence-electron chi connectivity index (χ1n) is 9.99. The Kier molecular flexibility index (Phi) is 10.2. The topological polar surface area (TPSA) is 24.9 Å². The van der Waals surface area contributed by atoms with Crippen molar-refractivity contribution >= 4 is 5.57 Å². The number of hydrogen-bond donors (Lipinski definition) is 1. The third-order valence-corrected chi connectivity index (χ3v) is 4.89. The number of nitrogens with zero attached hydrogens (tertiary/aromatic N) is 1. The summed E-state index contributed by atoms with van der Waals surface area (Å²) in [5.74, 6) is 0. The zero-order valence-electron chi connectivity index (χ0n) is 18.2. The Morgan fingerprint density at radius 3 is 2.57 bits per heavy atom. The number of halogens is 1. The molecule has 1 N–H and O–H groups in total. The standard InChI is InChI=1S/C25H35FN2/c1-8-11-18(3)21(6)19(4)12-10-13-24(22(7)27-15-14-26)25-20(5)16-23(9-2)17-28-25/h8,11,13,16-17,27H,4,7,9-10,12,14-15H2,1-3,5-6H3/b11-8-,21-18-,24-13-. The van der Waals surface area contributed by atoms with Gasteiger partial charge >= 0.3 is 0 Å². The molecule has 0 spiro atoms. The molecule has 1 heterocycles. The summed E-state index contributed by atoms with van der Waals surface area (Å²) < 4.78 is 12.6. The lowest BCUT2D eigenvalue weighted by Crippen LogP contribution is -2.17. The molecule has 1 rings (SSSR count). The Morgan fingerprint density at radius 2 is 2.00 bits per heavy atom. The van der Waals surface area contributed by atoms with Gasteiger partial charge < -0.3 is 5.32 Å². The summed E-state index contributed by atoms with van der Waals surface area (Å²) in [6.07, 6.45) is 10.8. The molecule has 0 aliphatic rings. The highest BCUT2D eigenvalue weighted by Crippen LogP contribution is 2.25. The van der Waals surface area contributed by atoms with E-state index >= 15 is 0 Å². The van der Waals surface area contributed by atoms with E-state index in [1.165, 1.54) is 16.7 Å². The van der Waals surface area contributed by atoms with Crippen LogP contribution >= 0.6 is 0 Å². The van der Waals surface area contributed by atoms with E-state index in [1.54, 1.807) is 0 Å². The summed E-state index contributed by atoms with van der Waals surface area (Å²) >= 11 is 0. The third kappa shape index (κ3) is 6.95. The van der Waals surface area contributed by atoms with Gasteiger partial charge in [0, 0.05) is 24.0 Å². The number of allylic oxidation sites excluding steroid dienone is 7. The minimum Gasteiger partial charge on any atom is -0.382 e. The number of nitrogens with one attached hydrogen (secondary N) is 1. The molecule has 0 saturated carbocycles. The molecule has 0 fully saturated rings. The van der Waals surface area contributed by atoms with E-state index < -0.39 is 6.67 Å². The second-order valence-electron chi connectivity index (χ2n) is 7.02. The van der Waals surface area contributed by atoms with E-state index in [0.717, 1.165) is 41.7 Å². The Hall–Kier alpha value is -2.42. The van der Waals surface area contributed by atoms with Crippen molar-refractivity contribution in [2.75, 3.05) is 13.2 Å². The first kappa shape index (κ1) is 23.6. The van der Waals surface area contributed by atoms with Gasteiger partial charge in [0.2, 0.25) is 0 Å². The normalized spacial score (nSPS) is 12.9. The van der Waals surface area contributed by atoms with Crippen LogP contribution in [0.3, 0.4) is 0 Å². The molecule has 28 heavy (non-hydrogen) atoms. The molecule has 0 saturated heterocycles. The zero-order valence-corrected chi connectivity index (χ0v) is 18.2. The van der Waals surface area contributed by atoms with Crippen molar-refractivity contribution in [2.45, 2.75) is 53.9 Å². The van der Waals surface area contributed by atoms with Crippen LogP contribution in [0, 0.1) is 6.92 Å². The molecule has 0 bridgehead atoms. The summed E-state index contributed by atoms with van der Waals surface area (Å²) in [5.41, 5.74) is 8.44. The average Bonchev–Trinajstić information content (AvgIpc) is 2.69. The van der Waals surface area contributed by atoms with Crippen LogP contribution in [0.4, 0.5) is 4.39 Å². The summed E-state index contributed by atoms with van der Waals surface area (Å²) in [7, 11) is 0. The van der Waals surface area contributed by atoms with Gasteiger partial charge in [0.25, 0.3) is 0 Å². The summed E-state index contributed by atoms with van der Waals surface area (Å²) in [5, 5.41) is 3.06. The van der Waals surface area contributed by atoms with Crippen LogP contribution < -0.4 is 5.32 Å². The molecule has 0 radical (unpaired) electrons. The third-order valence-electron chi connectivity index (χ3n) is 4.89. The fourth-order valence-corrected chi connectivity index (χ4v) is 3.00. The Labute approximate surface area is 170 Å². The Balaban J connectivity index is 3.08. The van der Waals surface area contributed by atoms with Crippen molar-refractivity contribution in [3.8, 4) is 0 Å². The van der Waals surface area contributed by atoms with Gasteiger partial charge in [-0.25, -0.2) is 4.39 Å². The minimum absolute atomic E-state index is 0.249. The molecular weight excluding hydrogens is 347 g/mol. The highest BCUT2D eigenvalue weighted by atomic mass is 19.1. The van der Waals surface area contributed by atoms with E-state index in [1.807, 2.05) is 19.2 Å². The quantitative estimate of drug-likeness (QED) is 0.433. The SMILES string of the molecule is C=C(NCCF)/C(=C/CCC(=C)/C(C)=C(C)\C=C/C)c1ncc(CC)cc1C. The van der Waals surface area contributed by atoms with Gasteiger partial charge in [-0.3, -0.25) is 4.98 Å². The summed E-state index contributed by atoms with van der Waals surface area (Å²) in [6.45, 7) is 18.6. The largest absolute Gasteiger partial charge is 0.382 e. The van der Waals surface area contributed by atoms with Crippen molar-refractivity contribution in [3.05, 3.63) is 82.9 Å². The fourth-order valence-electron chi connectivity index (χ4n) is 3.00. The van der Waals surface area contributed by atoms with Gasteiger partial charge in [-0.1, -0.05) is 49.9 Å². The summed E-state index contributed by atoms with van der Waals surface area (Å²) in [6, 6.07) is 2.16. The maximum Gasteiger partial charge on any atom is 0.107 e. The predicted molar refractivity (Wildman–Crippen MR) is 121 cm³/mol. The average molecular weight is 383 g/mol. The maximum atomic E-state index is 12.6. The molecule has 152 valence electrons. The van der Waals surface area contributed by atoms with E-state index in [9.17, 15) is 4.39 Å². The molecule has 0 aromatic carbocycles. The van der Waals surface area contributed by atoms with Gasteiger partial charge in [-0.2, -0.15) is 0 Å². The lowest BCUT2D eigenvalue weighted by atomic mass is 9.97. The van der Waals surface area contributed by atoms with Gasteiger partial charge in [0.15, 0.2) is 0 Å².